The minimum atomic E-state index is 0.144. The first-order valence-electron chi connectivity index (χ1n) is 3.94. The molecule has 0 aliphatic heterocycles. The van der Waals surface area contributed by atoms with Crippen LogP contribution in [0.15, 0.2) is 0 Å². The van der Waals surface area contributed by atoms with Gasteiger partial charge in [0.05, 0.1) is 6.61 Å². The second-order valence-electron chi connectivity index (χ2n) is 3.01. The van der Waals surface area contributed by atoms with E-state index in [1.165, 1.54) is 0 Å². The quantitative estimate of drug-likeness (QED) is 0.621. The molecule has 2 atom stereocenters. The van der Waals surface area contributed by atoms with E-state index in [-0.39, 0.29) is 6.04 Å². The van der Waals surface area contributed by atoms with Crippen molar-refractivity contribution < 1.29 is 9.47 Å². The van der Waals surface area contributed by atoms with E-state index in [1.54, 1.807) is 14.2 Å². The van der Waals surface area contributed by atoms with Crippen molar-refractivity contribution in [3.63, 3.8) is 0 Å². The van der Waals surface area contributed by atoms with Crippen LogP contribution in [0, 0.1) is 5.92 Å². The molecule has 0 aromatic heterocycles. The highest BCUT2D eigenvalue weighted by molar-refractivity contribution is 4.64. The molecule has 11 heavy (non-hydrogen) atoms. The average molecular weight is 161 g/mol. The monoisotopic (exact) mass is 161 g/mol. The lowest BCUT2D eigenvalue weighted by Crippen LogP contribution is -2.28. The Morgan fingerprint density at radius 3 is 2.18 bits per heavy atom. The van der Waals surface area contributed by atoms with Crippen LogP contribution in [-0.2, 0) is 9.47 Å². The minimum Gasteiger partial charge on any atom is -0.384 e. The maximum Gasteiger partial charge on any atom is 0.0613 e. The van der Waals surface area contributed by atoms with Crippen LogP contribution in [0.1, 0.15) is 13.3 Å². The van der Waals surface area contributed by atoms with E-state index in [1.807, 2.05) is 0 Å². The molecule has 2 N–H and O–H groups in total. The Labute approximate surface area is 68.9 Å². The predicted octanol–water partition coefficient (Wildman–Crippen LogP) is 0.633. The van der Waals surface area contributed by atoms with Crippen molar-refractivity contribution in [1.29, 1.82) is 0 Å². The summed E-state index contributed by atoms with van der Waals surface area (Å²) >= 11 is 0. The summed E-state index contributed by atoms with van der Waals surface area (Å²) in [6.07, 6.45) is 0.960. The van der Waals surface area contributed by atoms with Gasteiger partial charge in [-0.2, -0.15) is 0 Å². The number of rotatable bonds is 6. The molecule has 0 aliphatic rings. The maximum atomic E-state index is 5.73. The molecule has 0 bridgehead atoms. The smallest absolute Gasteiger partial charge is 0.0613 e. The summed E-state index contributed by atoms with van der Waals surface area (Å²) in [6.45, 7) is 3.53. The Morgan fingerprint density at radius 2 is 1.73 bits per heavy atom. The van der Waals surface area contributed by atoms with Gasteiger partial charge in [0.2, 0.25) is 0 Å². The largest absolute Gasteiger partial charge is 0.384 e. The highest BCUT2D eigenvalue weighted by atomic mass is 16.5. The summed E-state index contributed by atoms with van der Waals surface area (Å²) in [5.74, 6) is 0.519. The number of nitrogens with two attached hydrogens (primary N) is 1. The standard InChI is InChI=1S/C8H19NO2/c1-7(5-10-2)4-8(9)6-11-3/h7-8H,4-6,9H2,1-3H3. The molecule has 0 saturated carbocycles. The van der Waals surface area contributed by atoms with Crippen LogP contribution in [0.3, 0.4) is 0 Å². The normalized spacial score (nSPS) is 16.4. The van der Waals surface area contributed by atoms with Crippen LogP contribution >= 0.6 is 0 Å². The Hall–Kier alpha value is -0.120. The molecule has 0 aromatic rings. The molecule has 3 nitrogen and oxygen atoms in total. The van der Waals surface area contributed by atoms with Crippen molar-refractivity contribution in [1.82, 2.24) is 0 Å². The molecule has 0 heterocycles. The molecule has 68 valence electrons. The van der Waals surface area contributed by atoms with Crippen LogP contribution in [0.4, 0.5) is 0 Å². The van der Waals surface area contributed by atoms with Crippen LogP contribution in [0.5, 0.6) is 0 Å². The number of ether oxygens (including phenoxy) is 2. The minimum absolute atomic E-state index is 0.144. The molecule has 0 saturated heterocycles. The molecule has 3 heteroatoms. The summed E-state index contributed by atoms with van der Waals surface area (Å²) in [7, 11) is 3.37. The third-order valence-electron chi connectivity index (χ3n) is 1.54. The summed E-state index contributed by atoms with van der Waals surface area (Å²) < 4.78 is 9.90. The molecule has 0 aliphatic carbocycles. The highest BCUT2D eigenvalue weighted by Crippen LogP contribution is 2.04. The zero-order chi connectivity index (χ0) is 8.69. The second-order valence-corrected chi connectivity index (χ2v) is 3.01. The molecule has 0 rings (SSSR count). The number of methoxy groups -OCH3 is 2. The van der Waals surface area contributed by atoms with Gasteiger partial charge in [-0.15, -0.1) is 0 Å². The van der Waals surface area contributed by atoms with Gasteiger partial charge in [0.1, 0.15) is 0 Å². The van der Waals surface area contributed by atoms with E-state index in [2.05, 4.69) is 6.92 Å². The van der Waals surface area contributed by atoms with Crippen LogP contribution in [0.25, 0.3) is 0 Å². The van der Waals surface area contributed by atoms with Crippen molar-refractivity contribution in [2.24, 2.45) is 11.7 Å². The molecule has 0 fully saturated rings. The van der Waals surface area contributed by atoms with Gasteiger partial charge < -0.3 is 15.2 Å². The van der Waals surface area contributed by atoms with Crippen molar-refractivity contribution in [3.8, 4) is 0 Å². The van der Waals surface area contributed by atoms with E-state index in [9.17, 15) is 0 Å². The van der Waals surface area contributed by atoms with Crippen molar-refractivity contribution in [2.45, 2.75) is 19.4 Å². The van der Waals surface area contributed by atoms with E-state index < -0.39 is 0 Å². The molecule has 0 amide bonds. The fraction of sp³-hybridized carbons (Fsp3) is 1.00. The van der Waals surface area contributed by atoms with Crippen molar-refractivity contribution in [2.75, 3.05) is 27.4 Å². The van der Waals surface area contributed by atoms with Crippen LogP contribution in [-0.4, -0.2) is 33.5 Å². The summed E-state index contributed by atoms with van der Waals surface area (Å²) in [5, 5.41) is 0. The number of hydrogen-bond acceptors (Lipinski definition) is 3. The topological polar surface area (TPSA) is 44.5 Å². The van der Waals surface area contributed by atoms with E-state index in [0.717, 1.165) is 13.0 Å². The Bertz CT molecular complexity index is 78.2. The lowest BCUT2D eigenvalue weighted by molar-refractivity contribution is 0.132. The highest BCUT2D eigenvalue weighted by Gasteiger charge is 2.07. The number of hydrogen-bond donors (Lipinski definition) is 1. The van der Waals surface area contributed by atoms with Crippen LogP contribution < -0.4 is 5.73 Å². The zero-order valence-electron chi connectivity index (χ0n) is 7.67. The van der Waals surface area contributed by atoms with E-state index in [0.29, 0.717) is 12.5 Å². The van der Waals surface area contributed by atoms with Gasteiger partial charge in [0.25, 0.3) is 0 Å². The fourth-order valence-corrected chi connectivity index (χ4v) is 1.15. The predicted molar refractivity (Wildman–Crippen MR) is 45.5 cm³/mol. The van der Waals surface area contributed by atoms with E-state index in [4.69, 9.17) is 15.2 Å². The van der Waals surface area contributed by atoms with E-state index >= 15 is 0 Å². The van der Waals surface area contributed by atoms with Crippen molar-refractivity contribution in [3.05, 3.63) is 0 Å². The first kappa shape index (κ1) is 10.9. The Kier molecular flexibility index (Phi) is 6.51. The third kappa shape index (κ3) is 6.28. The fourth-order valence-electron chi connectivity index (χ4n) is 1.15. The first-order valence-corrected chi connectivity index (χ1v) is 3.94. The van der Waals surface area contributed by atoms with Gasteiger partial charge in [0.15, 0.2) is 0 Å². The SMILES string of the molecule is COCC(C)CC(N)COC. The van der Waals surface area contributed by atoms with Crippen LogP contribution in [0.2, 0.25) is 0 Å². The van der Waals surface area contributed by atoms with Crippen molar-refractivity contribution >= 4 is 0 Å². The molecular weight excluding hydrogens is 142 g/mol. The first-order chi connectivity index (χ1) is 5.20. The Balaban J connectivity index is 3.32. The second kappa shape index (κ2) is 6.58. The summed E-state index contributed by atoms with van der Waals surface area (Å²) in [5.41, 5.74) is 5.73. The van der Waals surface area contributed by atoms with Gasteiger partial charge in [-0.1, -0.05) is 6.92 Å². The lowest BCUT2D eigenvalue weighted by atomic mass is 10.0. The molecule has 0 spiro atoms. The molecule has 0 aromatic carbocycles. The van der Waals surface area contributed by atoms with Gasteiger partial charge in [0, 0.05) is 26.9 Å². The summed E-state index contributed by atoms with van der Waals surface area (Å²) in [6, 6.07) is 0.144. The maximum absolute atomic E-state index is 5.73. The molecule has 0 radical (unpaired) electrons. The molecule has 2 unspecified atom stereocenters. The van der Waals surface area contributed by atoms with Gasteiger partial charge in [-0.3, -0.25) is 0 Å². The Morgan fingerprint density at radius 1 is 1.18 bits per heavy atom. The zero-order valence-corrected chi connectivity index (χ0v) is 7.67. The summed E-state index contributed by atoms with van der Waals surface area (Å²) in [4.78, 5) is 0. The molecular formula is C8H19NO2. The van der Waals surface area contributed by atoms with Gasteiger partial charge >= 0.3 is 0 Å². The average Bonchev–Trinajstić information content (AvgIpc) is 1.87. The van der Waals surface area contributed by atoms with Gasteiger partial charge in [-0.05, 0) is 12.3 Å². The lowest BCUT2D eigenvalue weighted by Gasteiger charge is -2.15. The van der Waals surface area contributed by atoms with Gasteiger partial charge in [-0.25, -0.2) is 0 Å². The third-order valence-corrected chi connectivity index (χ3v) is 1.54.